The summed E-state index contributed by atoms with van der Waals surface area (Å²) < 4.78 is 1.59. The van der Waals surface area contributed by atoms with E-state index in [1.165, 1.54) is 6.20 Å². The second-order valence-corrected chi connectivity index (χ2v) is 5.66. The van der Waals surface area contributed by atoms with Crippen molar-refractivity contribution >= 4 is 35.0 Å². The van der Waals surface area contributed by atoms with Crippen LogP contribution in [0.5, 0.6) is 5.75 Å². The lowest BCUT2D eigenvalue weighted by molar-refractivity contribution is 0.473. The van der Waals surface area contributed by atoms with E-state index in [9.17, 15) is 5.11 Å². The number of nitrogens with zero attached hydrogens (tertiary/aromatic N) is 4. The first-order valence-corrected chi connectivity index (χ1v) is 7.86. The summed E-state index contributed by atoms with van der Waals surface area (Å²) in [6, 6.07) is 5.31. The minimum Gasteiger partial charge on any atom is -0.506 e. The summed E-state index contributed by atoms with van der Waals surface area (Å²) >= 11 is 6.47. The second-order valence-electron chi connectivity index (χ2n) is 5.28. The van der Waals surface area contributed by atoms with E-state index in [1.54, 1.807) is 30.1 Å². The minimum atomic E-state index is 0.0563. The van der Waals surface area contributed by atoms with Gasteiger partial charge in [-0.3, -0.25) is 4.98 Å². The number of halogens is 1. The molecule has 128 valence electrons. The Morgan fingerprint density at radius 2 is 2.04 bits per heavy atom. The maximum absolute atomic E-state index is 9.56. The molecule has 2 heterocycles. The minimum absolute atomic E-state index is 0.0563. The van der Waals surface area contributed by atoms with Crippen molar-refractivity contribution in [3.8, 4) is 17.1 Å². The van der Waals surface area contributed by atoms with E-state index in [0.717, 1.165) is 11.3 Å². The normalized spacial score (nSPS) is 10.5. The van der Waals surface area contributed by atoms with Crippen LogP contribution in [0.3, 0.4) is 0 Å². The molecule has 3 N–H and O–H groups in total. The summed E-state index contributed by atoms with van der Waals surface area (Å²) in [5, 5.41) is 20.7. The number of aromatic hydroxyl groups is 1. The molecule has 1 aromatic carbocycles. The molecule has 3 aromatic rings. The first-order valence-electron chi connectivity index (χ1n) is 7.48. The second kappa shape index (κ2) is 6.82. The van der Waals surface area contributed by atoms with Gasteiger partial charge < -0.3 is 15.7 Å². The van der Waals surface area contributed by atoms with E-state index >= 15 is 0 Å². The first kappa shape index (κ1) is 16.8. The van der Waals surface area contributed by atoms with Crippen LogP contribution >= 0.6 is 11.6 Å². The third kappa shape index (κ3) is 3.27. The highest BCUT2D eigenvalue weighted by Crippen LogP contribution is 2.34. The zero-order valence-corrected chi connectivity index (χ0v) is 14.5. The van der Waals surface area contributed by atoms with Gasteiger partial charge in [0.1, 0.15) is 5.75 Å². The maximum atomic E-state index is 9.56. The Kier molecular flexibility index (Phi) is 4.58. The third-order valence-corrected chi connectivity index (χ3v) is 4.05. The van der Waals surface area contributed by atoms with Gasteiger partial charge in [0.05, 0.1) is 16.9 Å². The van der Waals surface area contributed by atoms with Crippen LogP contribution in [0.2, 0.25) is 5.02 Å². The molecule has 0 aliphatic rings. The molecule has 0 radical (unpaired) electrons. The van der Waals surface area contributed by atoms with Gasteiger partial charge in [-0.1, -0.05) is 24.3 Å². The van der Waals surface area contributed by atoms with Crippen molar-refractivity contribution in [2.75, 3.05) is 17.7 Å². The summed E-state index contributed by atoms with van der Waals surface area (Å²) in [4.78, 5) is 8.39. The van der Waals surface area contributed by atoms with E-state index in [2.05, 4.69) is 32.3 Å². The third-order valence-electron chi connectivity index (χ3n) is 3.64. The molecule has 0 aliphatic carbocycles. The van der Waals surface area contributed by atoms with Gasteiger partial charge in [0, 0.05) is 37.1 Å². The molecule has 0 unspecified atom stereocenters. The average Bonchev–Trinajstić information content (AvgIpc) is 2.97. The van der Waals surface area contributed by atoms with E-state index in [-0.39, 0.29) is 5.75 Å². The largest absolute Gasteiger partial charge is 0.506 e. The smallest absolute Gasteiger partial charge is 0.225 e. The number of aryl methyl sites for hydroxylation is 1. The topological polar surface area (TPSA) is 87.9 Å². The summed E-state index contributed by atoms with van der Waals surface area (Å²) in [5.74, 6) is 1.01. The van der Waals surface area contributed by atoms with Crippen molar-refractivity contribution in [1.29, 1.82) is 0 Å². The molecule has 0 aliphatic heterocycles. The summed E-state index contributed by atoms with van der Waals surface area (Å²) in [6.45, 7) is 3.80. The number of aromatic nitrogens is 4. The average molecular weight is 357 g/mol. The predicted molar refractivity (Wildman–Crippen MR) is 100 cm³/mol. The lowest BCUT2D eigenvalue weighted by Gasteiger charge is -2.13. The Labute approximate surface area is 150 Å². The zero-order valence-electron chi connectivity index (χ0n) is 13.8. The fourth-order valence-corrected chi connectivity index (χ4v) is 2.68. The van der Waals surface area contributed by atoms with Gasteiger partial charge in [-0.2, -0.15) is 4.98 Å². The molecule has 0 saturated carbocycles. The lowest BCUT2D eigenvalue weighted by atomic mass is 10.1. The molecule has 8 heteroatoms. The number of benzene rings is 1. The quantitative estimate of drug-likeness (QED) is 0.646. The van der Waals surface area contributed by atoms with E-state index in [1.807, 2.05) is 19.2 Å². The van der Waals surface area contributed by atoms with Crippen molar-refractivity contribution in [3.63, 3.8) is 0 Å². The molecule has 2 aromatic heterocycles. The van der Waals surface area contributed by atoms with Gasteiger partial charge >= 0.3 is 0 Å². The first-order chi connectivity index (χ1) is 12.0. The van der Waals surface area contributed by atoms with Gasteiger partial charge in [0.25, 0.3) is 0 Å². The fraction of sp³-hybridized carbons (Fsp3) is 0.118. The molecule has 0 spiro atoms. The standard InChI is InChI=1S/C17H17ClN6O/c1-4-12-13(19-2)5-6-14(15(12)18)21-17-22-16(23-24(17)3)10-7-11(25)9-20-8-10/h4-9,19,25H,1H2,2-3H3,(H,21,22,23). The Morgan fingerprint density at radius 3 is 2.72 bits per heavy atom. The number of pyridine rings is 1. The molecule has 0 saturated heterocycles. The van der Waals surface area contributed by atoms with E-state index in [0.29, 0.717) is 28.0 Å². The maximum Gasteiger partial charge on any atom is 0.225 e. The molecule has 7 nitrogen and oxygen atoms in total. The molecular weight excluding hydrogens is 340 g/mol. The van der Waals surface area contributed by atoms with Gasteiger partial charge in [-0.15, -0.1) is 5.10 Å². The molecule has 0 bridgehead atoms. The number of rotatable bonds is 5. The number of hydrogen-bond acceptors (Lipinski definition) is 6. The molecule has 3 rings (SSSR count). The highest BCUT2D eigenvalue weighted by Gasteiger charge is 2.14. The van der Waals surface area contributed by atoms with Gasteiger partial charge in [-0.25, -0.2) is 4.68 Å². The number of nitrogens with one attached hydrogen (secondary N) is 2. The van der Waals surface area contributed by atoms with Crippen LogP contribution in [-0.2, 0) is 7.05 Å². The van der Waals surface area contributed by atoms with Crippen LogP contribution in [0.1, 0.15) is 5.56 Å². The molecule has 0 fully saturated rings. The van der Waals surface area contributed by atoms with Crippen LogP contribution in [0.25, 0.3) is 17.5 Å². The number of anilines is 3. The van der Waals surface area contributed by atoms with Crippen molar-refractivity contribution < 1.29 is 5.11 Å². The van der Waals surface area contributed by atoms with Crippen LogP contribution in [-0.4, -0.2) is 31.9 Å². The summed E-state index contributed by atoms with van der Waals surface area (Å²) in [5.41, 5.74) is 2.99. The Morgan fingerprint density at radius 1 is 1.28 bits per heavy atom. The fourth-order valence-electron chi connectivity index (χ4n) is 2.39. The lowest BCUT2D eigenvalue weighted by Crippen LogP contribution is -2.02. The van der Waals surface area contributed by atoms with Crippen LogP contribution in [0.15, 0.2) is 37.2 Å². The Hall–Kier alpha value is -3.06. The highest BCUT2D eigenvalue weighted by molar-refractivity contribution is 6.35. The molecule has 25 heavy (non-hydrogen) atoms. The van der Waals surface area contributed by atoms with Gasteiger partial charge in [0.2, 0.25) is 5.95 Å². The monoisotopic (exact) mass is 356 g/mol. The van der Waals surface area contributed by atoms with Gasteiger partial charge in [-0.05, 0) is 18.2 Å². The summed E-state index contributed by atoms with van der Waals surface area (Å²) in [7, 11) is 3.59. The van der Waals surface area contributed by atoms with Gasteiger partial charge in [0.15, 0.2) is 5.82 Å². The van der Waals surface area contributed by atoms with Crippen LogP contribution < -0.4 is 10.6 Å². The summed E-state index contributed by atoms with van der Waals surface area (Å²) in [6.07, 6.45) is 4.63. The van der Waals surface area contributed by atoms with Crippen molar-refractivity contribution in [1.82, 2.24) is 19.7 Å². The van der Waals surface area contributed by atoms with Crippen molar-refractivity contribution in [2.24, 2.45) is 7.05 Å². The zero-order chi connectivity index (χ0) is 18.0. The van der Waals surface area contributed by atoms with Crippen LogP contribution in [0.4, 0.5) is 17.3 Å². The SMILES string of the molecule is C=Cc1c(NC)ccc(Nc2nc(-c3cncc(O)c3)nn2C)c1Cl. The molecule has 0 atom stereocenters. The van der Waals surface area contributed by atoms with E-state index in [4.69, 9.17) is 11.6 Å². The molecular formula is C17H17ClN6O. The Bertz CT molecular complexity index is 937. The Balaban J connectivity index is 1.96. The highest BCUT2D eigenvalue weighted by atomic mass is 35.5. The molecule has 0 amide bonds. The number of hydrogen-bond donors (Lipinski definition) is 3. The van der Waals surface area contributed by atoms with Crippen molar-refractivity contribution in [2.45, 2.75) is 0 Å². The predicted octanol–water partition coefficient (Wildman–Crippen LogP) is 3.66. The van der Waals surface area contributed by atoms with Crippen LogP contribution in [0, 0.1) is 0 Å². The van der Waals surface area contributed by atoms with Crippen molar-refractivity contribution in [3.05, 3.63) is 47.8 Å². The van der Waals surface area contributed by atoms with E-state index < -0.39 is 0 Å².